The van der Waals surface area contributed by atoms with Gasteiger partial charge >= 0.3 is 0 Å². The predicted molar refractivity (Wildman–Crippen MR) is 55.5 cm³/mol. The lowest BCUT2D eigenvalue weighted by atomic mass is 10.1. The molecular weight excluding hydrogens is 164 g/mol. The molecule has 0 atom stereocenters. The van der Waals surface area contributed by atoms with Gasteiger partial charge in [0.15, 0.2) is 5.79 Å². The number of allylic oxidation sites excluding steroid dienone is 1. The monoisotopic (exact) mass is 186 g/mol. The Balaban J connectivity index is 3.85. The van der Waals surface area contributed by atoms with E-state index >= 15 is 0 Å². The van der Waals surface area contributed by atoms with Crippen molar-refractivity contribution in [3.05, 3.63) is 11.6 Å². The largest absolute Gasteiger partial charge is 0.366 e. The molecule has 0 aromatic heterocycles. The standard InChI is InChI=1S/C11H22O2/c1-5-7-8-10(6-2)9-13-11(3,4)12/h8,12H,5-7,9H2,1-4H3. The van der Waals surface area contributed by atoms with Gasteiger partial charge in [-0.25, -0.2) is 0 Å². The van der Waals surface area contributed by atoms with Crippen LogP contribution in [0.5, 0.6) is 0 Å². The summed E-state index contributed by atoms with van der Waals surface area (Å²) in [6.45, 7) is 8.11. The quantitative estimate of drug-likeness (QED) is 0.510. The molecule has 2 heteroatoms. The van der Waals surface area contributed by atoms with Gasteiger partial charge in [-0.05, 0) is 32.3 Å². The lowest BCUT2D eigenvalue weighted by Gasteiger charge is -2.19. The van der Waals surface area contributed by atoms with Crippen LogP contribution >= 0.6 is 0 Å². The van der Waals surface area contributed by atoms with Crippen LogP contribution in [0.1, 0.15) is 47.0 Å². The third-order valence-electron chi connectivity index (χ3n) is 1.79. The van der Waals surface area contributed by atoms with Crippen LogP contribution in [-0.4, -0.2) is 17.5 Å². The molecule has 2 nitrogen and oxygen atoms in total. The summed E-state index contributed by atoms with van der Waals surface area (Å²) in [5, 5.41) is 9.34. The topological polar surface area (TPSA) is 29.5 Å². The van der Waals surface area contributed by atoms with Crippen LogP contribution in [0.25, 0.3) is 0 Å². The third kappa shape index (κ3) is 8.00. The average molecular weight is 186 g/mol. The molecule has 0 amide bonds. The number of rotatable bonds is 6. The summed E-state index contributed by atoms with van der Waals surface area (Å²) in [6, 6.07) is 0. The van der Waals surface area contributed by atoms with E-state index in [2.05, 4.69) is 19.9 Å². The summed E-state index contributed by atoms with van der Waals surface area (Å²) < 4.78 is 5.27. The van der Waals surface area contributed by atoms with Gasteiger partial charge in [-0.1, -0.05) is 26.3 Å². The highest BCUT2D eigenvalue weighted by atomic mass is 16.6. The summed E-state index contributed by atoms with van der Waals surface area (Å²) in [4.78, 5) is 0. The van der Waals surface area contributed by atoms with E-state index in [0.29, 0.717) is 6.61 Å². The van der Waals surface area contributed by atoms with Crippen LogP contribution < -0.4 is 0 Å². The minimum atomic E-state index is -1.01. The van der Waals surface area contributed by atoms with E-state index in [1.165, 1.54) is 5.57 Å². The lowest BCUT2D eigenvalue weighted by molar-refractivity contribution is -0.169. The first-order valence-corrected chi connectivity index (χ1v) is 5.03. The van der Waals surface area contributed by atoms with E-state index in [-0.39, 0.29) is 0 Å². The highest BCUT2D eigenvalue weighted by molar-refractivity contribution is 5.01. The first-order valence-electron chi connectivity index (χ1n) is 5.03. The molecule has 0 bridgehead atoms. The van der Waals surface area contributed by atoms with E-state index in [9.17, 15) is 5.11 Å². The number of unbranched alkanes of at least 4 members (excludes halogenated alkanes) is 1. The van der Waals surface area contributed by atoms with Crippen molar-refractivity contribution < 1.29 is 9.84 Å². The Morgan fingerprint density at radius 3 is 2.38 bits per heavy atom. The fraction of sp³-hybridized carbons (Fsp3) is 0.818. The molecule has 0 heterocycles. The highest BCUT2D eigenvalue weighted by Gasteiger charge is 2.12. The second-order valence-electron chi connectivity index (χ2n) is 3.74. The highest BCUT2D eigenvalue weighted by Crippen LogP contribution is 2.10. The molecule has 0 aliphatic rings. The Bertz CT molecular complexity index is 154. The minimum absolute atomic E-state index is 0.542. The van der Waals surface area contributed by atoms with Gasteiger partial charge < -0.3 is 9.84 Å². The molecule has 78 valence electrons. The molecule has 0 unspecified atom stereocenters. The third-order valence-corrected chi connectivity index (χ3v) is 1.79. The maximum Gasteiger partial charge on any atom is 0.160 e. The smallest absolute Gasteiger partial charge is 0.160 e. The Morgan fingerprint density at radius 1 is 1.38 bits per heavy atom. The SMILES string of the molecule is CCCC=C(CC)COC(C)(C)O. The number of aliphatic hydroxyl groups is 1. The first kappa shape index (κ1) is 12.7. The van der Waals surface area contributed by atoms with Crippen LogP contribution in [0.3, 0.4) is 0 Å². The van der Waals surface area contributed by atoms with Gasteiger partial charge in [-0.3, -0.25) is 0 Å². The second kappa shape index (κ2) is 6.17. The van der Waals surface area contributed by atoms with E-state index in [0.717, 1.165) is 19.3 Å². The van der Waals surface area contributed by atoms with E-state index < -0.39 is 5.79 Å². The van der Waals surface area contributed by atoms with Crippen LogP contribution in [0.4, 0.5) is 0 Å². The van der Waals surface area contributed by atoms with Crippen molar-refractivity contribution in [2.75, 3.05) is 6.61 Å². The molecule has 0 saturated carbocycles. The van der Waals surface area contributed by atoms with Crippen LogP contribution in [0, 0.1) is 0 Å². The van der Waals surface area contributed by atoms with Gasteiger partial charge in [0, 0.05) is 0 Å². The second-order valence-corrected chi connectivity index (χ2v) is 3.74. The van der Waals surface area contributed by atoms with Crippen molar-refractivity contribution in [3.63, 3.8) is 0 Å². The minimum Gasteiger partial charge on any atom is -0.366 e. The van der Waals surface area contributed by atoms with E-state index in [1.807, 2.05) is 0 Å². The fourth-order valence-electron chi connectivity index (χ4n) is 0.923. The van der Waals surface area contributed by atoms with Crippen molar-refractivity contribution in [2.24, 2.45) is 0 Å². The molecule has 0 aliphatic heterocycles. The normalized spacial score (nSPS) is 13.5. The Kier molecular flexibility index (Phi) is 6.00. The number of hydrogen-bond donors (Lipinski definition) is 1. The maximum absolute atomic E-state index is 9.34. The van der Waals surface area contributed by atoms with Crippen molar-refractivity contribution in [2.45, 2.75) is 52.7 Å². The van der Waals surface area contributed by atoms with Gasteiger partial charge in [0.25, 0.3) is 0 Å². The Morgan fingerprint density at radius 2 is 2.00 bits per heavy atom. The first-order chi connectivity index (χ1) is 5.99. The van der Waals surface area contributed by atoms with Gasteiger partial charge in [-0.15, -0.1) is 0 Å². The van der Waals surface area contributed by atoms with Gasteiger partial charge in [0.2, 0.25) is 0 Å². The zero-order chi connectivity index (χ0) is 10.3. The van der Waals surface area contributed by atoms with E-state index in [4.69, 9.17) is 4.74 Å². The molecule has 0 aliphatic carbocycles. The zero-order valence-electron chi connectivity index (χ0n) is 9.26. The Labute approximate surface area is 81.6 Å². The Hall–Kier alpha value is -0.340. The molecule has 0 rings (SSSR count). The number of ether oxygens (including phenoxy) is 1. The predicted octanol–water partition coefficient (Wildman–Crippen LogP) is 2.87. The molecule has 0 saturated heterocycles. The molecular formula is C11H22O2. The van der Waals surface area contributed by atoms with Crippen LogP contribution in [-0.2, 0) is 4.74 Å². The molecule has 1 N–H and O–H groups in total. The summed E-state index contributed by atoms with van der Waals surface area (Å²) in [5.74, 6) is -1.01. The molecule has 0 radical (unpaired) electrons. The molecule has 0 spiro atoms. The molecule has 0 aromatic carbocycles. The van der Waals surface area contributed by atoms with Crippen molar-refractivity contribution in [3.8, 4) is 0 Å². The summed E-state index contributed by atoms with van der Waals surface area (Å²) >= 11 is 0. The zero-order valence-corrected chi connectivity index (χ0v) is 9.26. The summed E-state index contributed by atoms with van der Waals surface area (Å²) in [5.41, 5.74) is 1.27. The lowest BCUT2D eigenvalue weighted by Crippen LogP contribution is -2.24. The van der Waals surface area contributed by atoms with Crippen LogP contribution in [0.15, 0.2) is 11.6 Å². The van der Waals surface area contributed by atoms with Crippen molar-refractivity contribution in [1.29, 1.82) is 0 Å². The van der Waals surface area contributed by atoms with Crippen molar-refractivity contribution in [1.82, 2.24) is 0 Å². The van der Waals surface area contributed by atoms with Crippen molar-refractivity contribution >= 4 is 0 Å². The van der Waals surface area contributed by atoms with Gasteiger partial charge in [-0.2, -0.15) is 0 Å². The summed E-state index contributed by atoms with van der Waals surface area (Å²) in [6.07, 6.45) is 5.45. The van der Waals surface area contributed by atoms with Gasteiger partial charge in [0.05, 0.1) is 6.61 Å². The molecule has 0 fully saturated rings. The van der Waals surface area contributed by atoms with E-state index in [1.54, 1.807) is 13.8 Å². The molecule has 13 heavy (non-hydrogen) atoms. The fourth-order valence-corrected chi connectivity index (χ4v) is 0.923. The van der Waals surface area contributed by atoms with Gasteiger partial charge in [0.1, 0.15) is 0 Å². The molecule has 0 aromatic rings. The maximum atomic E-state index is 9.34. The average Bonchev–Trinajstić information content (AvgIpc) is 2.03. The summed E-state index contributed by atoms with van der Waals surface area (Å²) in [7, 11) is 0. The number of hydrogen-bond acceptors (Lipinski definition) is 2. The van der Waals surface area contributed by atoms with Crippen LogP contribution in [0.2, 0.25) is 0 Å².